The predicted molar refractivity (Wildman–Crippen MR) is 101 cm³/mol. The van der Waals surface area contributed by atoms with Crippen LogP contribution in [-0.2, 0) is 11.2 Å². The fourth-order valence-electron chi connectivity index (χ4n) is 3.05. The van der Waals surface area contributed by atoms with Crippen molar-refractivity contribution in [3.05, 3.63) is 53.1 Å². The number of nitrogens with two attached hydrogens (primary N) is 1. The highest BCUT2D eigenvalue weighted by atomic mass is 35.5. The first-order valence-corrected chi connectivity index (χ1v) is 8.68. The van der Waals surface area contributed by atoms with Gasteiger partial charge in [0.05, 0.1) is 17.8 Å². The quantitative estimate of drug-likeness (QED) is 0.822. The van der Waals surface area contributed by atoms with Crippen LogP contribution in [-0.4, -0.2) is 19.0 Å². The van der Waals surface area contributed by atoms with E-state index in [1.165, 1.54) is 19.3 Å². The fraction of sp³-hybridized carbons (Fsp3) is 0.316. The number of carbonyl (C=O) groups excluding carboxylic acids is 1. The molecule has 1 heterocycles. The third-order valence-corrected chi connectivity index (χ3v) is 4.52. The zero-order valence-corrected chi connectivity index (χ0v) is 14.4. The Morgan fingerprint density at radius 2 is 1.79 bits per heavy atom. The first-order valence-electron chi connectivity index (χ1n) is 8.30. The van der Waals surface area contributed by atoms with Crippen LogP contribution in [0.1, 0.15) is 24.8 Å². The van der Waals surface area contributed by atoms with Crippen molar-refractivity contribution in [3.63, 3.8) is 0 Å². The van der Waals surface area contributed by atoms with E-state index in [1.807, 2.05) is 30.3 Å². The van der Waals surface area contributed by atoms with Crippen LogP contribution in [0.2, 0.25) is 5.02 Å². The van der Waals surface area contributed by atoms with Gasteiger partial charge in [-0.25, -0.2) is 0 Å². The highest BCUT2D eigenvalue weighted by Gasteiger charge is 2.16. The fourth-order valence-corrected chi connectivity index (χ4v) is 3.17. The van der Waals surface area contributed by atoms with E-state index in [0.717, 1.165) is 30.0 Å². The maximum absolute atomic E-state index is 12.4. The molecule has 1 fully saturated rings. The van der Waals surface area contributed by atoms with E-state index in [1.54, 1.807) is 12.1 Å². The number of hydrogen-bond acceptors (Lipinski definition) is 3. The maximum Gasteiger partial charge on any atom is 0.228 e. The van der Waals surface area contributed by atoms with Gasteiger partial charge in [-0.3, -0.25) is 4.79 Å². The van der Waals surface area contributed by atoms with Crippen molar-refractivity contribution in [1.82, 2.24) is 0 Å². The number of amides is 1. The Labute approximate surface area is 147 Å². The van der Waals surface area contributed by atoms with E-state index < -0.39 is 0 Å². The zero-order chi connectivity index (χ0) is 16.9. The Morgan fingerprint density at radius 1 is 1.08 bits per heavy atom. The second-order valence-corrected chi connectivity index (χ2v) is 6.61. The lowest BCUT2D eigenvalue weighted by Gasteiger charge is -2.30. The van der Waals surface area contributed by atoms with Crippen molar-refractivity contribution in [2.75, 3.05) is 29.0 Å². The third kappa shape index (κ3) is 4.20. The number of nitrogens with zero attached hydrogens (tertiary/aromatic N) is 1. The summed E-state index contributed by atoms with van der Waals surface area (Å²) in [4.78, 5) is 14.7. The largest absolute Gasteiger partial charge is 0.399 e. The molecule has 2 aromatic carbocycles. The first-order chi connectivity index (χ1) is 11.6. The smallest absolute Gasteiger partial charge is 0.228 e. The number of anilines is 3. The predicted octanol–water partition coefficient (Wildman–Crippen LogP) is 4.09. The van der Waals surface area contributed by atoms with Gasteiger partial charge in [0.2, 0.25) is 5.91 Å². The summed E-state index contributed by atoms with van der Waals surface area (Å²) >= 11 is 5.88. The summed E-state index contributed by atoms with van der Waals surface area (Å²) in [5, 5.41) is 3.69. The van der Waals surface area contributed by atoms with Crippen LogP contribution in [0.25, 0.3) is 0 Å². The molecule has 4 nitrogen and oxygen atoms in total. The minimum Gasteiger partial charge on any atom is -0.399 e. The monoisotopic (exact) mass is 343 g/mol. The third-order valence-electron chi connectivity index (χ3n) is 4.27. The van der Waals surface area contributed by atoms with Gasteiger partial charge in [0.15, 0.2) is 0 Å². The average molecular weight is 344 g/mol. The molecule has 126 valence electrons. The van der Waals surface area contributed by atoms with Crippen molar-refractivity contribution in [2.45, 2.75) is 25.7 Å². The van der Waals surface area contributed by atoms with Gasteiger partial charge in [-0.1, -0.05) is 23.7 Å². The molecule has 0 bridgehead atoms. The molecule has 1 saturated heterocycles. The number of piperidine rings is 1. The lowest BCUT2D eigenvalue weighted by Crippen LogP contribution is -2.30. The van der Waals surface area contributed by atoms with Crippen LogP contribution in [0.3, 0.4) is 0 Å². The van der Waals surface area contributed by atoms with Crippen LogP contribution in [0.5, 0.6) is 0 Å². The molecule has 2 aromatic rings. The van der Waals surface area contributed by atoms with Crippen LogP contribution in [0, 0.1) is 0 Å². The molecule has 0 atom stereocenters. The minimum absolute atomic E-state index is 0.0545. The van der Waals surface area contributed by atoms with Gasteiger partial charge in [0, 0.05) is 23.8 Å². The number of rotatable bonds is 4. The van der Waals surface area contributed by atoms with Gasteiger partial charge >= 0.3 is 0 Å². The molecular weight excluding hydrogens is 322 g/mol. The van der Waals surface area contributed by atoms with Crippen molar-refractivity contribution in [2.24, 2.45) is 0 Å². The van der Waals surface area contributed by atoms with E-state index in [-0.39, 0.29) is 5.91 Å². The molecule has 0 aliphatic carbocycles. The highest BCUT2D eigenvalue weighted by molar-refractivity contribution is 6.30. The number of halogens is 1. The summed E-state index contributed by atoms with van der Waals surface area (Å²) in [6, 6.07) is 13.0. The molecule has 5 heteroatoms. The van der Waals surface area contributed by atoms with Gasteiger partial charge in [0.25, 0.3) is 0 Å². The van der Waals surface area contributed by atoms with E-state index in [9.17, 15) is 4.79 Å². The van der Waals surface area contributed by atoms with Gasteiger partial charge in [-0.05, 0) is 55.2 Å². The van der Waals surface area contributed by atoms with Gasteiger partial charge in [0.1, 0.15) is 0 Å². The Balaban J connectivity index is 1.74. The molecule has 0 saturated carbocycles. The summed E-state index contributed by atoms with van der Waals surface area (Å²) in [6.07, 6.45) is 3.94. The number of nitrogens with one attached hydrogen (secondary N) is 1. The Morgan fingerprint density at radius 3 is 2.50 bits per heavy atom. The second-order valence-electron chi connectivity index (χ2n) is 6.18. The molecule has 0 radical (unpaired) electrons. The number of hydrogen-bond donors (Lipinski definition) is 2. The minimum atomic E-state index is -0.0545. The van der Waals surface area contributed by atoms with E-state index in [0.29, 0.717) is 17.1 Å². The maximum atomic E-state index is 12.4. The molecular formula is C19H22ClN3O. The van der Waals surface area contributed by atoms with Crippen LogP contribution in [0.15, 0.2) is 42.5 Å². The molecule has 1 aliphatic rings. The number of carbonyl (C=O) groups is 1. The molecule has 1 amide bonds. The Kier molecular flexibility index (Phi) is 5.26. The van der Waals surface area contributed by atoms with Crippen LogP contribution in [0.4, 0.5) is 17.1 Å². The Bertz CT molecular complexity index is 709. The Hall–Kier alpha value is -2.20. The lowest BCUT2D eigenvalue weighted by molar-refractivity contribution is -0.115. The van der Waals surface area contributed by atoms with Gasteiger partial charge in [-0.2, -0.15) is 0 Å². The van der Waals surface area contributed by atoms with Crippen molar-refractivity contribution in [1.29, 1.82) is 0 Å². The number of benzene rings is 2. The van der Waals surface area contributed by atoms with Crippen molar-refractivity contribution in [3.8, 4) is 0 Å². The van der Waals surface area contributed by atoms with Crippen LogP contribution >= 0.6 is 11.6 Å². The average Bonchev–Trinajstić information content (AvgIpc) is 2.58. The molecule has 0 spiro atoms. The van der Waals surface area contributed by atoms with Crippen LogP contribution < -0.4 is 16.0 Å². The first kappa shape index (κ1) is 16.7. The zero-order valence-electron chi connectivity index (χ0n) is 13.6. The molecule has 0 aromatic heterocycles. The van der Waals surface area contributed by atoms with Gasteiger partial charge < -0.3 is 16.0 Å². The van der Waals surface area contributed by atoms with E-state index in [2.05, 4.69) is 10.2 Å². The van der Waals surface area contributed by atoms with Crippen molar-refractivity contribution < 1.29 is 4.79 Å². The second kappa shape index (κ2) is 7.58. The summed E-state index contributed by atoms with van der Waals surface area (Å²) in [5.41, 5.74) is 9.34. The highest BCUT2D eigenvalue weighted by Crippen LogP contribution is 2.30. The topological polar surface area (TPSA) is 58.4 Å². The molecule has 1 aliphatic heterocycles. The molecule has 3 rings (SSSR count). The summed E-state index contributed by atoms with van der Waals surface area (Å²) in [5.74, 6) is -0.0545. The summed E-state index contributed by atoms with van der Waals surface area (Å²) in [7, 11) is 0. The number of nitrogen functional groups attached to an aromatic ring is 1. The van der Waals surface area contributed by atoms with Crippen molar-refractivity contribution >= 4 is 34.6 Å². The van der Waals surface area contributed by atoms with E-state index in [4.69, 9.17) is 17.3 Å². The normalized spacial score (nSPS) is 14.5. The SMILES string of the molecule is Nc1ccc(N2CCCCC2)c(NC(=O)Cc2ccc(Cl)cc2)c1. The summed E-state index contributed by atoms with van der Waals surface area (Å²) < 4.78 is 0. The van der Waals surface area contributed by atoms with E-state index >= 15 is 0 Å². The lowest BCUT2D eigenvalue weighted by atomic mass is 10.1. The molecule has 0 unspecified atom stereocenters. The summed E-state index contributed by atoms with van der Waals surface area (Å²) in [6.45, 7) is 2.04. The standard InChI is InChI=1S/C19H22ClN3O/c20-15-6-4-14(5-7-15)12-19(24)22-17-13-16(21)8-9-18(17)23-10-2-1-3-11-23/h4-9,13H,1-3,10-12,21H2,(H,22,24). The molecule has 3 N–H and O–H groups in total. The van der Waals surface area contributed by atoms with Gasteiger partial charge in [-0.15, -0.1) is 0 Å². The molecule has 24 heavy (non-hydrogen) atoms.